The molecule has 3 rings (SSSR count). The Hall–Kier alpha value is -1.10. The fourth-order valence-electron chi connectivity index (χ4n) is 3.31. The molecule has 2 aliphatic heterocycles. The van der Waals surface area contributed by atoms with Gasteiger partial charge in [0.1, 0.15) is 5.69 Å². The summed E-state index contributed by atoms with van der Waals surface area (Å²) < 4.78 is 58.6. The summed E-state index contributed by atoms with van der Waals surface area (Å²) >= 11 is 0. The van der Waals surface area contributed by atoms with Crippen LogP contribution in [0.15, 0.2) is 11.1 Å². The summed E-state index contributed by atoms with van der Waals surface area (Å²) in [5, 5.41) is 3.41. The summed E-state index contributed by atoms with van der Waals surface area (Å²) in [6, 6.07) is 1.40. The largest absolute Gasteiger partial charge is 0.381 e. The van der Waals surface area contributed by atoms with Crippen molar-refractivity contribution >= 4 is 10.0 Å². The fraction of sp³-hybridized carbons (Fsp3) is 0.786. The second-order valence-electron chi connectivity index (χ2n) is 6.12. The Balaban J connectivity index is 1.68. The van der Waals surface area contributed by atoms with Crippen LogP contribution in [0.2, 0.25) is 0 Å². The van der Waals surface area contributed by atoms with E-state index in [4.69, 9.17) is 4.74 Å². The highest BCUT2D eigenvalue weighted by Crippen LogP contribution is 2.24. The zero-order valence-corrected chi connectivity index (χ0v) is 14.4. The lowest BCUT2D eigenvalue weighted by molar-refractivity contribution is 0.0229. The van der Waals surface area contributed by atoms with Crippen LogP contribution < -0.4 is 0 Å². The molecule has 136 valence electrons. The SMILES string of the molecule is Cn1nc(C(F)F)cc1S(=O)(=O)N1CCN(C2CCOCC2)CC1. The van der Waals surface area contributed by atoms with Crippen molar-refractivity contribution in [2.75, 3.05) is 39.4 Å². The number of hydrogen-bond donors (Lipinski definition) is 0. The highest BCUT2D eigenvalue weighted by atomic mass is 32.2. The molecule has 2 fully saturated rings. The first-order valence-electron chi connectivity index (χ1n) is 8.03. The minimum atomic E-state index is -3.81. The van der Waals surface area contributed by atoms with Crippen LogP contribution >= 0.6 is 0 Å². The third-order valence-corrected chi connectivity index (χ3v) is 6.62. The Morgan fingerprint density at radius 2 is 1.83 bits per heavy atom. The van der Waals surface area contributed by atoms with Gasteiger partial charge in [-0.2, -0.15) is 9.40 Å². The van der Waals surface area contributed by atoms with Crippen molar-refractivity contribution in [3.05, 3.63) is 11.8 Å². The van der Waals surface area contributed by atoms with Gasteiger partial charge < -0.3 is 4.74 Å². The maximum atomic E-state index is 12.7. The number of alkyl halides is 2. The summed E-state index contributed by atoms with van der Waals surface area (Å²) in [6.07, 6.45) is -0.858. The molecule has 0 aliphatic carbocycles. The van der Waals surface area contributed by atoms with E-state index in [0.29, 0.717) is 32.2 Å². The summed E-state index contributed by atoms with van der Waals surface area (Å²) in [6.45, 7) is 3.49. The number of halogens is 2. The standard InChI is InChI=1S/C14H22F2N4O3S/c1-18-13(10-12(17-18)14(15)16)24(21,22)20-6-4-19(5-7-20)11-2-8-23-9-3-11/h10-11,14H,2-9H2,1H3. The maximum Gasteiger partial charge on any atom is 0.282 e. The van der Waals surface area contributed by atoms with Crippen LogP contribution in [0.5, 0.6) is 0 Å². The molecular weight excluding hydrogens is 342 g/mol. The highest BCUT2D eigenvalue weighted by Gasteiger charge is 2.34. The second kappa shape index (κ2) is 7.03. The molecule has 0 saturated carbocycles. The first-order chi connectivity index (χ1) is 11.4. The third kappa shape index (κ3) is 3.46. The molecule has 2 aliphatic rings. The minimum Gasteiger partial charge on any atom is -0.381 e. The normalized spacial score (nSPS) is 22.3. The third-order valence-electron chi connectivity index (χ3n) is 4.66. The molecule has 0 amide bonds. The van der Waals surface area contributed by atoms with Crippen molar-refractivity contribution < 1.29 is 21.9 Å². The number of rotatable bonds is 4. The van der Waals surface area contributed by atoms with Gasteiger partial charge in [0.15, 0.2) is 5.03 Å². The lowest BCUT2D eigenvalue weighted by atomic mass is 10.1. The van der Waals surface area contributed by atoms with Crippen LogP contribution in [0.3, 0.4) is 0 Å². The van der Waals surface area contributed by atoms with E-state index in [1.807, 2.05) is 0 Å². The Morgan fingerprint density at radius 1 is 1.21 bits per heavy atom. The molecule has 1 aromatic heterocycles. The molecule has 3 heterocycles. The van der Waals surface area contributed by atoms with Gasteiger partial charge in [-0.1, -0.05) is 0 Å². The topological polar surface area (TPSA) is 67.7 Å². The first-order valence-corrected chi connectivity index (χ1v) is 9.47. The van der Waals surface area contributed by atoms with E-state index in [1.54, 1.807) is 0 Å². The van der Waals surface area contributed by atoms with Gasteiger partial charge in [-0.15, -0.1) is 0 Å². The van der Waals surface area contributed by atoms with Crippen LogP contribution in [0.25, 0.3) is 0 Å². The number of aryl methyl sites for hydroxylation is 1. The zero-order chi connectivity index (χ0) is 17.3. The van der Waals surface area contributed by atoms with Crippen molar-refractivity contribution in [2.24, 2.45) is 7.05 Å². The molecule has 0 bridgehead atoms. The monoisotopic (exact) mass is 364 g/mol. The van der Waals surface area contributed by atoms with E-state index in [0.717, 1.165) is 36.8 Å². The molecule has 7 nitrogen and oxygen atoms in total. The van der Waals surface area contributed by atoms with Crippen LogP contribution in [0.1, 0.15) is 25.0 Å². The molecule has 10 heteroatoms. The quantitative estimate of drug-likeness (QED) is 0.792. The zero-order valence-electron chi connectivity index (χ0n) is 13.6. The molecule has 0 spiro atoms. The number of sulfonamides is 1. The Bertz CT molecular complexity index is 666. The summed E-state index contributed by atoms with van der Waals surface area (Å²) in [5.41, 5.74) is -0.517. The fourth-order valence-corrected chi connectivity index (χ4v) is 4.86. The van der Waals surface area contributed by atoms with Gasteiger partial charge in [-0.3, -0.25) is 9.58 Å². The van der Waals surface area contributed by atoms with E-state index < -0.39 is 22.1 Å². The van der Waals surface area contributed by atoms with E-state index in [9.17, 15) is 17.2 Å². The number of aromatic nitrogens is 2. The number of ether oxygens (including phenoxy) is 1. The molecule has 0 atom stereocenters. The van der Waals surface area contributed by atoms with Crippen molar-refractivity contribution in [1.82, 2.24) is 19.0 Å². The van der Waals surface area contributed by atoms with Crippen LogP contribution in [-0.4, -0.2) is 72.8 Å². The lowest BCUT2D eigenvalue weighted by Gasteiger charge is -2.40. The summed E-state index contributed by atoms with van der Waals surface area (Å²) in [7, 11) is -2.44. The lowest BCUT2D eigenvalue weighted by Crippen LogP contribution is -2.53. The summed E-state index contributed by atoms with van der Waals surface area (Å²) in [5.74, 6) is 0. The highest BCUT2D eigenvalue weighted by molar-refractivity contribution is 7.89. The predicted octanol–water partition coefficient (Wildman–Crippen LogP) is 0.843. The molecule has 24 heavy (non-hydrogen) atoms. The average molecular weight is 364 g/mol. The molecule has 2 saturated heterocycles. The van der Waals surface area contributed by atoms with Gasteiger partial charge in [0.2, 0.25) is 0 Å². The van der Waals surface area contributed by atoms with E-state index in [2.05, 4.69) is 10.00 Å². The van der Waals surface area contributed by atoms with Gasteiger partial charge in [0.25, 0.3) is 16.4 Å². The second-order valence-corrected chi connectivity index (χ2v) is 8.00. The molecule has 0 unspecified atom stereocenters. The number of piperazine rings is 1. The Morgan fingerprint density at radius 3 is 2.38 bits per heavy atom. The van der Waals surface area contributed by atoms with Crippen molar-refractivity contribution in [2.45, 2.75) is 30.3 Å². The van der Waals surface area contributed by atoms with Crippen LogP contribution in [0.4, 0.5) is 8.78 Å². The Kier molecular flexibility index (Phi) is 5.19. The van der Waals surface area contributed by atoms with Gasteiger partial charge in [0.05, 0.1) is 0 Å². The number of hydrogen-bond acceptors (Lipinski definition) is 5. The van der Waals surface area contributed by atoms with E-state index in [-0.39, 0.29) is 5.03 Å². The van der Waals surface area contributed by atoms with Crippen LogP contribution in [0, 0.1) is 0 Å². The van der Waals surface area contributed by atoms with Crippen molar-refractivity contribution in [3.8, 4) is 0 Å². The average Bonchev–Trinajstić information content (AvgIpc) is 2.99. The van der Waals surface area contributed by atoms with E-state index >= 15 is 0 Å². The van der Waals surface area contributed by atoms with Crippen molar-refractivity contribution in [3.63, 3.8) is 0 Å². The molecule has 0 aromatic carbocycles. The van der Waals surface area contributed by atoms with Crippen molar-refractivity contribution in [1.29, 1.82) is 0 Å². The molecular formula is C14H22F2N4O3S. The van der Waals surface area contributed by atoms with Gasteiger partial charge in [-0.05, 0) is 12.8 Å². The summed E-state index contributed by atoms with van der Waals surface area (Å²) in [4.78, 5) is 2.29. The molecule has 1 aromatic rings. The minimum absolute atomic E-state index is 0.183. The smallest absolute Gasteiger partial charge is 0.282 e. The maximum absolute atomic E-state index is 12.7. The molecule has 0 N–H and O–H groups in total. The molecule has 0 radical (unpaired) electrons. The number of nitrogens with zero attached hydrogens (tertiary/aromatic N) is 4. The van der Waals surface area contributed by atoms with E-state index in [1.165, 1.54) is 11.4 Å². The van der Waals surface area contributed by atoms with Crippen LogP contribution in [-0.2, 0) is 21.8 Å². The Labute approximate surface area is 140 Å². The van der Waals surface area contributed by atoms with Gasteiger partial charge in [0, 0.05) is 58.5 Å². The first kappa shape index (κ1) is 17.7. The van der Waals surface area contributed by atoms with Gasteiger partial charge >= 0.3 is 0 Å². The van der Waals surface area contributed by atoms with Gasteiger partial charge in [-0.25, -0.2) is 17.2 Å². The predicted molar refractivity (Wildman–Crippen MR) is 82.3 cm³/mol.